The average molecular weight is 567 g/mol. The first kappa shape index (κ1) is 28.3. The molecule has 5 rings (SSSR count). The van der Waals surface area contributed by atoms with E-state index in [9.17, 15) is 14.7 Å². The Morgan fingerprint density at radius 2 is 1.80 bits per heavy atom. The lowest BCUT2D eigenvalue weighted by Gasteiger charge is -2.24. The minimum atomic E-state index is -0.837. The number of benzene rings is 3. The predicted octanol–water partition coefficient (Wildman–Crippen LogP) is 8.05. The van der Waals surface area contributed by atoms with E-state index in [4.69, 9.17) is 9.72 Å². The number of allylic oxidation sites excluding steroid dienone is 1. The Labute approximate surface area is 244 Å². The van der Waals surface area contributed by atoms with E-state index in [-0.39, 0.29) is 5.57 Å². The maximum absolute atomic E-state index is 13.6. The number of ketones is 1. The molecule has 1 aromatic heterocycles. The molecular weight excluding hydrogens is 532 g/mol. The second kappa shape index (κ2) is 12.5. The molecule has 3 aromatic carbocycles. The van der Waals surface area contributed by atoms with Crippen LogP contribution >= 0.6 is 11.3 Å². The van der Waals surface area contributed by atoms with E-state index in [0.29, 0.717) is 17.3 Å². The number of nitrogens with zero attached hydrogens (tertiary/aromatic N) is 2. The van der Waals surface area contributed by atoms with Crippen LogP contribution in [0.3, 0.4) is 0 Å². The van der Waals surface area contributed by atoms with Crippen LogP contribution < -0.4 is 9.64 Å². The third-order valence-electron chi connectivity index (χ3n) is 7.19. The molecule has 1 aliphatic rings. The summed E-state index contributed by atoms with van der Waals surface area (Å²) in [5, 5.41) is 11.5. The SMILES string of the molecule is CCCCCCOc1ccc(C2C(C(=O)C=Cc3ccccc3)=C(O)C(=O)N2c2nc3c(C)cc(C)cc3s2)cc1. The fourth-order valence-corrected chi connectivity index (χ4v) is 6.29. The van der Waals surface area contributed by atoms with E-state index in [1.165, 1.54) is 35.2 Å². The number of hydrogen-bond acceptors (Lipinski definition) is 6. The normalized spacial score (nSPS) is 15.4. The maximum atomic E-state index is 13.6. The molecule has 1 amide bonds. The molecule has 0 saturated heterocycles. The zero-order valence-corrected chi connectivity index (χ0v) is 24.4. The molecular formula is C34H34N2O4S. The largest absolute Gasteiger partial charge is 0.503 e. The highest BCUT2D eigenvalue weighted by Crippen LogP contribution is 2.44. The van der Waals surface area contributed by atoms with Gasteiger partial charge in [0.2, 0.25) is 0 Å². The summed E-state index contributed by atoms with van der Waals surface area (Å²) in [7, 11) is 0. The van der Waals surface area contributed by atoms with Crippen molar-refractivity contribution in [3.05, 3.63) is 106 Å². The lowest BCUT2D eigenvalue weighted by molar-refractivity contribution is -0.117. The van der Waals surface area contributed by atoms with E-state index in [2.05, 4.69) is 13.0 Å². The van der Waals surface area contributed by atoms with Gasteiger partial charge in [-0.25, -0.2) is 4.98 Å². The van der Waals surface area contributed by atoms with E-state index in [1.54, 1.807) is 6.08 Å². The van der Waals surface area contributed by atoms with Crippen molar-refractivity contribution >= 4 is 44.5 Å². The van der Waals surface area contributed by atoms with Crippen LogP contribution in [0.2, 0.25) is 0 Å². The summed E-state index contributed by atoms with van der Waals surface area (Å²) in [5.41, 5.74) is 4.47. The lowest BCUT2D eigenvalue weighted by atomic mass is 9.95. The number of ether oxygens (including phenoxy) is 1. The molecule has 1 aliphatic heterocycles. The zero-order chi connectivity index (χ0) is 28.9. The number of thiazole rings is 1. The van der Waals surface area contributed by atoms with Gasteiger partial charge in [0.1, 0.15) is 5.75 Å². The number of aromatic nitrogens is 1. The van der Waals surface area contributed by atoms with Crippen LogP contribution in [0.25, 0.3) is 16.3 Å². The van der Waals surface area contributed by atoms with Crippen LogP contribution in [0.15, 0.2) is 84.1 Å². The van der Waals surface area contributed by atoms with Gasteiger partial charge in [0, 0.05) is 0 Å². The van der Waals surface area contributed by atoms with Gasteiger partial charge in [-0.3, -0.25) is 14.5 Å². The minimum absolute atomic E-state index is 0.0302. The lowest BCUT2D eigenvalue weighted by Crippen LogP contribution is -2.30. The molecule has 2 heterocycles. The third kappa shape index (κ3) is 6.10. The van der Waals surface area contributed by atoms with Crippen LogP contribution in [0, 0.1) is 13.8 Å². The summed E-state index contributed by atoms with van der Waals surface area (Å²) in [5.74, 6) is -0.911. The van der Waals surface area contributed by atoms with Gasteiger partial charge in [-0.2, -0.15) is 0 Å². The van der Waals surface area contributed by atoms with Crippen LogP contribution in [0.5, 0.6) is 5.75 Å². The van der Waals surface area contributed by atoms with Gasteiger partial charge in [-0.15, -0.1) is 0 Å². The van der Waals surface area contributed by atoms with Gasteiger partial charge in [0.25, 0.3) is 5.91 Å². The Bertz CT molecular complexity index is 1620. The number of carbonyl (C=O) groups is 2. The smallest absolute Gasteiger partial charge is 0.296 e. The van der Waals surface area contributed by atoms with Crippen LogP contribution in [-0.2, 0) is 9.59 Å². The Morgan fingerprint density at radius 3 is 2.54 bits per heavy atom. The molecule has 210 valence electrons. The first-order chi connectivity index (χ1) is 19.9. The van der Waals surface area contributed by atoms with Crippen LogP contribution in [0.4, 0.5) is 5.13 Å². The van der Waals surface area contributed by atoms with Crippen molar-refractivity contribution in [3.8, 4) is 5.75 Å². The second-order valence-corrected chi connectivity index (χ2v) is 11.4. The topological polar surface area (TPSA) is 79.7 Å². The van der Waals surface area contributed by atoms with Crippen molar-refractivity contribution in [1.29, 1.82) is 0 Å². The van der Waals surface area contributed by atoms with Gasteiger partial charge in [0.05, 0.1) is 28.4 Å². The maximum Gasteiger partial charge on any atom is 0.296 e. The van der Waals surface area contributed by atoms with Crippen molar-refractivity contribution < 1.29 is 19.4 Å². The molecule has 0 radical (unpaired) electrons. The number of amides is 1. The van der Waals surface area contributed by atoms with Crippen molar-refractivity contribution in [2.45, 2.75) is 52.5 Å². The standard InChI is InChI=1S/C34H34N2O4S/c1-4-5-6-10-19-40-26-16-14-25(15-17-26)31-29(27(37)18-13-24-11-8-7-9-12-24)32(38)33(39)36(31)34-35-30-23(3)20-22(2)21-28(30)41-34/h7-9,11-18,20-21,31,38H,4-6,10,19H2,1-3H3. The van der Waals surface area contributed by atoms with Crippen LogP contribution in [-0.4, -0.2) is 28.4 Å². The van der Waals surface area contributed by atoms with E-state index < -0.39 is 23.5 Å². The van der Waals surface area contributed by atoms with E-state index in [1.807, 2.05) is 74.5 Å². The molecule has 0 fully saturated rings. The third-order valence-corrected chi connectivity index (χ3v) is 8.19. The Balaban J connectivity index is 1.51. The summed E-state index contributed by atoms with van der Waals surface area (Å²) in [6.45, 7) is 6.82. The fraction of sp³-hybridized carbons (Fsp3) is 0.265. The molecule has 1 unspecified atom stereocenters. The van der Waals surface area contributed by atoms with Crippen molar-refractivity contribution in [3.63, 3.8) is 0 Å². The Kier molecular flexibility index (Phi) is 8.64. The number of carbonyl (C=O) groups excluding carboxylic acids is 2. The Morgan fingerprint density at radius 1 is 1.05 bits per heavy atom. The summed E-state index contributed by atoms with van der Waals surface area (Å²) in [6, 6.07) is 20.1. The highest BCUT2D eigenvalue weighted by atomic mass is 32.1. The molecule has 7 heteroatoms. The number of aliphatic hydroxyl groups excluding tert-OH is 1. The van der Waals surface area contributed by atoms with E-state index in [0.717, 1.165) is 45.5 Å². The van der Waals surface area contributed by atoms with Gasteiger partial charge in [-0.05, 0) is 66.8 Å². The minimum Gasteiger partial charge on any atom is -0.503 e. The first-order valence-electron chi connectivity index (χ1n) is 14.0. The average Bonchev–Trinajstić information content (AvgIpc) is 3.51. The molecule has 0 bridgehead atoms. The van der Waals surface area contributed by atoms with Gasteiger partial charge < -0.3 is 9.84 Å². The second-order valence-electron chi connectivity index (χ2n) is 10.4. The summed E-state index contributed by atoms with van der Waals surface area (Å²) in [4.78, 5) is 33.4. The van der Waals surface area contributed by atoms with Crippen molar-refractivity contribution in [2.24, 2.45) is 0 Å². The molecule has 0 saturated carbocycles. The summed E-state index contributed by atoms with van der Waals surface area (Å²) >= 11 is 1.37. The zero-order valence-electron chi connectivity index (χ0n) is 23.6. The molecule has 0 aliphatic carbocycles. The number of anilines is 1. The van der Waals surface area contributed by atoms with Crippen molar-refractivity contribution in [1.82, 2.24) is 4.98 Å². The highest BCUT2D eigenvalue weighted by molar-refractivity contribution is 7.22. The molecule has 6 nitrogen and oxygen atoms in total. The Hall–Kier alpha value is -4.23. The number of aryl methyl sites for hydroxylation is 2. The highest BCUT2D eigenvalue weighted by Gasteiger charge is 2.45. The number of hydrogen-bond donors (Lipinski definition) is 1. The van der Waals surface area contributed by atoms with Crippen molar-refractivity contribution in [2.75, 3.05) is 11.5 Å². The number of rotatable bonds is 11. The molecule has 0 spiro atoms. The molecule has 1 atom stereocenters. The number of fused-ring (bicyclic) bond motifs is 1. The van der Waals surface area contributed by atoms with Crippen LogP contribution in [0.1, 0.15) is 60.9 Å². The first-order valence-corrected chi connectivity index (χ1v) is 14.8. The number of aliphatic hydroxyl groups is 1. The predicted molar refractivity (Wildman–Crippen MR) is 166 cm³/mol. The number of unbranched alkanes of at least 4 members (excludes halogenated alkanes) is 3. The van der Waals surface area contributed by atoms with Gasteiger partial charge in [-0.1, -0.05) is 92.1 Å². The van der Waals surface area contributed by atoms with Gasteiger partial charge >= 0.3 is 0 Å². The summed E-state index contributed by atoms with van der Waals surface area (Å²) < 4.78 is 6.86. The molecule has 41 heavy (non-hydrogen) atoms. The van der Waals surface area contributed by atoms with E-state index >= 15 is 0 Å². The monoisotopic (exact) mass is 566 g/mol. The molecule has 1 N–H and O–H groups in total. The summed E-state index contributed by atoms with van der Waals surface area (Å²) in [6.07, 6.45) is 7.56. The molecule has 4 aromatic rings. The fourth-order valence-electron chi connectivity index (χ4n) is 5.12. The quantitative estimate of drug-likeness (QED) is 0.147. The van der Waals surface area contributed by atoms with Gasteiger partial charge in [0.15, 0.2) is 16.7 Å².